The van der Waals surface area contributed by atoms with Gasteiger partial charge in [-0.3, -0.25) is 4.79 Å². The van der Waals surface area contributed by atoms with E-state index in [1.54, 1.807) is 38.5 Å². The molecule has 5 nitrogen and oxygen atoms in total. The van der Waals surface area contributed by atoms with Crippen molar-refractivity contribution in [3.05, 3.63) is 60.4 Å². The fourth-order valence-electron chi connectivity index (χ4n) is 2.33. The summed E-state index contributed by atoms with van der Waals surface area (Å²) < 4.78 is 16.0. The van der Waals surface area contributed by atoms with E-state index in [0.29, 0.717) is 22.9 Å². The summed E-state index contributed by atoms with van der Waals surface area (Å²) in [6, 6.07) is 14.8. The summed E-state index contributed by atoms with van der Waals surface area (Å²) in [5.74, 6) is 1.51. The Bertz CT molecular complexity index is 862. The number of carbonyl (C=O) groups excluding carboxylic acids is 1. The molecule has 0 fully saturated rings. The molecule has 3 rings (SSSR count). The second-order valence-electron chi connectivity index (χ2n) is 5.08. The molecule has 0 bridgehead atoms. The lowest BCUT2D eigenvalue weighted by molar-refractivity contribution is -0.111. The molecule has 0 aliphatic rings. The lowest BCUT2D eigenvalue weighted by atomic mass is 10.2. The predicted molar refractivity (Wildman–Crippen MR) is 93.4 cm³/mol. The third-order valence-electron chi connectivity index (χ3n) is 3.51. The molecule has 3 aromatic rings. The van der Waals surface area contributed by atoms with Crippen molar-refractivity contribution in [1.29, 1.82) is 0 Å². The van der Waals surface area contributed by atoms with Crippen LogP contribution < -0.4 is 14.8 Å². The summed E-state index contributed by atoms with van der Waals surface area (Å²) in [6.45, 7) is 0. The highest BCUT2D eigenvalue weighted by Gasteiger charge is 2.07. The number of anilines is 1. The van der Waals surface area contributed by atoms with Crippen LogP contribution in [0, 0.1) is 0 Å². The topological polar surface area (TPSA) is 60.7 Å². The maximum absolute atomic E-state index is 12.1. The molecule has 0 aliphatic carbocycles. The molecule has 0 radical (unpaired) electrons. The van der Waals surface area contributed by atoms with Crippen LogP contribution in [0.1, 0.15) is 5.76 Å². The highest BCUT2D eigenvalue weighted by molar-refractivity contribution is 6.03. The van der Waals surface area contributed by atoms with E-state index in [2.05, 4.69) is 5.32 Å². The van der Waals surface area contributed by atoms with Crippen molar-refractivity contribution in [3.63, 3.8) is 0 Å². The first kappa shape index (κ1) is 15.7. The Hall–Kier alpha value is -3.21. The van der Waals surface area contributed by atoms with Crippen LogP contribution in [0.3, 0.4) is 0 Å². The number of methoxy groups -OCH3 is 2. The Balaban J connectivity index is 1.75. The number of nitrogens with one attached hydrogen (secondary N) is 1. The molecular weight excluding hydrogens is 306 g/mol. The van der Waals surface area contributed by atoms with Gasteiger partial charge in [-0.05, 0) is 30.3 Å². The van der Waals surface area contributed by atoms with Gasteiger partial charge in [-0.15, -0.1) is 0 Å². The van der Waals surface area contributed by atoms with Crippen molar-refractivity contribution in [3.8, 4) is 11.5 Å². The zero-order valence-corrected chi connectivity index (χ0v) is 13.4. The van der Waals surface area contributed by atoms with Crippen LogP contribution in [0.5, 0.6) is 11.5 Å². The van der Waals surface area contributed by atoms with Crippen molar-refractivity contribution < 1.29 is 18.7 Å². The summed E-state index contributed by atoms with van der Waals surface area (Å²) in [5, 5.41) is 3.76. The minimum absolute atomic E-state index is 0.290. The molecule has 122 valence electrons. The monoisotopic (exact) mass is 323 g/mol. The Kier molecular flexibility index (Phi) is 4.52. The third-order valence-corrected chi connectivity index (χ3v) is 3.51. The van der Waals surface area contributed by atoms with Crippen LogP contribution >= 0.6 is 0 Å². The van der Waals surface area contributed by atoms with Gasteiger partial charge in [-0.1, -0.05) is 18.2 Å². The molecule has 24 heavy (non-hydrogen) atoms. The van der Waals surface area contributed by atoms with Gasteiger partial charge in [-0.2, -0.15) is 0 Å². The first-order chi connectivity index (χ1) is 11.7. The van der Waals surface area contributed by atoms with Crippen LogP contribution in [0.25, 0.3) is 17.0 Å². The number of amides is 1. The number of benzene rings is 2. The number of para-hydroxylation sites is 1. The number of fused-ring (bicyclic) bond motifs is 1. The number of furan rings is 1. The van der Waals surface area contributed by atoms with Crippen molar-refractivity contribution in [1.82, 2.24) is 0 Å². The first-order valence-corrected chi connectivity index (χ1v) is 7.39. The molecule has 0 spiro atoms. The number of hydrogen-bond donors (Lipinski definition) is 1. The third kappa shape index (κ3) is 3.41. The highest BCUT2D eigenvalue weighted by atomic mass is 16.5. The van der Waals surface area contributed by atoms with Gasteiger partial charge in [0.15, 0.2) is 0 Å². The lowest BCUT2D eigenvalue weighted by Gasteiger charge is -2.10. The summed E-state index contributed by atoms with van der Waals surface area (Å²) in [4.78, 5) is 12.1. The van der Waals surface area contributed by atoms with Gasteiger partial charge < -0.3 is 19.2 Å². The minimum Gasteiger partial charge on any atom is -0.497 e. The van der Waals surface area contributed by atoms with Crippen molar-refractivity contribution in [2.75, 3.05) is 19.5 Å². The largest absolute Gasteiger partial charge is 0.497 e. The average molecular weight is 323 g/mol. The summed E-state index contributed by atoms with van der Waals surface area (Å²) in [7, 11) is 3.11. The quantitative estimate of drug-likeness (QED) is 0.718. The van der Waals surface area contributed by atoms with Crippen LogP contribution in [-0.4, -0.2) is 20.1 Å². The van der Waals surface area contributed by atoms with Crippen molar-refractivity contribution in [2.24, 2.45) is 0 Å². The van der Waals surface area contributed by atoms with Gasteiger partial charge in [0.1, 0.15) is 22.8 Å². The summed E-state index contributed by atoms with van der Waals surface area (Å²) in [5.41, 5.74) is 1.32. The average Bonchev–Trinajstić information content (AvgIpc) is 3.03. The Morgan fingerprint density at radius 3 is 2.67 bits per heavy atom. The molecule has 0 unspecified atom stereocenters. The molecule has 0 atom stereocenters. The van der Waals surface area contributed by atoms with E-state index in [4.69, 9.17) is 13.9 Å². The second kappa shape index (κ2) is 6.91. The van der Waals surface area contributed by atoms with E-state index < -0.39 is 0 Å². The summed E-state index contributed by atoms with van der Waals surface area (Å²) >= 11 is 0. The molecule has 1 amide bonds. The molecule has 0 aliphatic heterocycles. The van der Waals surface area contributed by atoms with E-state index in [1.165, 1.54) is 6.08 Å². The maximum atomic E-state index is 12.1. The summed E-state index contributed by atoms with van der Waals surface area (Å²) in [6.07, 6.45) is 3.04. The van der Waals surface area contributed by atoms with E-state index in [0.717, 1.165) is 11.0 Å². The van der Waals surface area contributed by atoms with Crippen LogP contribution in [0.4, 0.5) is 5.69 Å². The smallest absolute Gasteiger partial charge is 0.248 e. The van der Waals surface area contributed by atoms with E-state index in [-0.39, 0.29) is 5.91 Å². The zero-order valence-electron chi connectivity index (χ0n) is 13.4. The SMILES string of the molecule is COc1ccc(OC)c(NC(=O)C=Cc2cc3ccccc3o2)c1. The Morgan fingerprint density at radius 2 is 1.92 bits per heavy atom. The fourth-order valence-corrected chi connectivity index (χ4v) is 2.33. The molecule has 0 saturated carbocycles. The van der Waals surface area contributed by atoms with E-state index in [1.807, 2.05) is 30.3 Å². The normalized spacial score (nSPS) is 10.9. The number of hydrogen-bond acceptors (Lipinski definition) is 4. The maximum Gasteiger partial charge on any atom is 0.248 e. The standard InChI is InChI=1S/C19H17NO4/c1-22-14-7-9-18(23-2)16(12-14)20-19(21)10-8-15-11-13-5-3-4-6-17(13)24-15/h3-12H,1-2H3,(H,20,21). The zero-order chi connectivity index (χ0) is 16.9. The predicted octanol–water partition coefficient (Wildman–Crippen LogP) is 4.10. The first-order valence-electron chi connectivity index (χ1n) is 7.39. The number of rotatable bonds is 5. The van der Waals surface area contributed by atoms with Crippen LogP contribution in [0.15, 0.2) is 59.0 Å². The molecule has 2 aromatic carbocycles. The minimum atomic E-state index is -0.290. The van der Waals surface area contributed by atoms with Gasteiger partial charge >= 0.3 is 0 Å². The molecular formula is C19H17NO4. The van der Waals surface area contributed by atoms with Gasteiger partial charge in [-0.25, -0.2) is 0 Å². The van der Waals surface area contributed by atoms with Crippen molar-refractivity contribution in [2.45, 2.75) is 0 Å². The molecule has 1 N–H and O–H groups in total. The van der Waals surface area contributed by atoms with Crippen LogP contribution in [-0.2, 0) is 4.79 Å². The second-order valence-corrected chi connectivity index (χ2v) is 5.08. The van der Waals surface area contributed by atoms with Crippen LogP contribution in [0.2, 0.25) is 0 Å². The molecule has 1 heterocycles. The Labute approximate surface area is 139 Å². The van der Waals surface area contributed by atoms with E-state index >= 15 is 0 Å². The lowest BCUT2D eigenvalue weighted by Crippen LogP contribution is -2.09. The number of ether oxygens (including phenoxy) is 2. The number of carbonyl (C=O) groups is 1. The van der Waals surface area contributed by atoms with E-state index in [9.17, 15) is 4.79 Å². The Morgan fingerprint density at radius 1 is 1.08 bits per heavy atom. The highest BCUT2D eigenvalue weighted by Crippen LogP contribution is 2.29. The molecule has 5 heteroatoms. The van der Waals surface area contributed by atoms with Gasteiger partial charge in [0.05, 0.1) is 19.9 Å². The van der Waals surface area contributed by atoms with Gasteiger partial charge in [0, 0.05) is 17.5 Å². The fraction of sp³-hybridized carbons (Fsp3) is 0.105. The van der Waals surface area contributed by atoms with Crippen molar-refractivity contribution >= 4 is 28.6 Å². The molecule has 1 aromatic heterocycles. The molecule has 0 saturated heterocycles. The van der Waals surface area contributed by atoms with Gasteiger partial charge in [0.2, 0.25) is 5.91 Å². The van der Waals surface area contributed by atoms with Gasteiger partial charge in [0.25, 0.3) is 0 Å².